The Balaban J connectivity index is 2.72. The molecule has 16 heavy (non-hydrogen) atoms. The third kappa shape index (κ3) is 2.70. The van der Waals surface area contributed by atoms with Crippen LogP contribution in [0.1, 0.15) is 12.8 Å². The number of ether oxygens (including phenoxy) is 1. The van der Waals surface area contributed by atoms with Crippen LogP contribution in [0.4, 0.5) is 0 Å². The van der Waals surface area contributed by atoms with Crippen molar-refractivity contribution in [1.82, 2.24) is 0 Å². The molecule has 90 valence electrons. The van der Waals surface area contributed by atoms with Gasteiger partial charge in [-0.05, 0) is 12.8 Å². The third-order valence-corrected chi connectivity index (χ3v) is 2.91. The van der Waals surface area contributed by atoms with Gasteiger partial charge in [-0.3, -0.25) is 4.79 Å². The van der Waals surface area contributed by atoms with Crippen molar-refractivity contribution in [3.63, 3.8) is 0 Å². The molecule has 1 aliphatic rings. The van der Waals surface area contributed by atoms with E-state index >= 15 is 0 Å². The van der Waals surface area contributed by atoms with Gasteiger partial charge in [-0.1, -0.05) is 0 Å². The minimum atomic E-state index is -0.972. The number of methoxy groups -OCH3 is 1. The topological polar surface area (TPSA) is 94.6 Å². The Morgan fingerprint density at radius 2 is 2.25 bits per heavy atom. The number of esters is 1. The van der Waals surface area contributed by atoms with Crippen molar-refractivity contribution in [2.75, 3.05) is 20.8 Å². The van der Waals surface area contributed by atoms with Gasteiger partial charge in [0.05, 0.1) is 32.8 Å². The smallest absolute Gasteiger partial charge is 0.309 e. The second-order valence-corrected chi connectivity index (χ2v) is 4.02. The van der Waals surface area contributed by atoms with Gasteiger partial charge < -0.3 is 10.5 Å². The number of hydrogen-bond acceptors (Lipinski definition) is 6. The lowest BCUT2D eigenvalue weighted by molar-refractivity contribution is -0.281. The summed E-state index contributed by atoms with van der Waals surface area (Å²) in [5, 5.41) is 8.94. The molecule has 0 aromatic heterocycles. The molecule has 0 aromatic carbocycles. The fourth-order valence-electron chi connectivity index (χ4n) is 2.10. The zero-order chi connectivity index (χ0) is 12.2. The molecule has 0 heterocycles. The highest BCUT2D eigenvalue weighted by molar-refractivity contribution is 5.73. The van der Waals surface area contributed by atoms with Crippen LogP contribution in [0.3, 0.4) is 0 Å². The monoisotopic (exact) mass is 228 g/mol. The van der Waals surface area contributed by atoms with E-state index in [0.717, 1.165) is 0 Å². The summed E-state index contributed by atoms with van der Waals surface area (Å²) in [5.74, 6) is -0.894. The average Bonchev–Trinajstić information content (AvgIpc) is 2.64. The Labute approximate surface area is 94.2 Å². The van der Waals surface area contributed by atoms with Gasteiger partial charge in [-0.25, -0.2) is 9.78 Å². The Morgan fingerprint density at radius 3 is 2.75 bits per heavy atom. The van der Waals surface area contributed by atoms with Crippen LogP contribution in [0.25, 0.3) is 0 Å². The summed E-state index contributed by atoms with van der Waals surface area (Å²) in [6.07, 6.45) is 0.709. The van der Waals surface area contributed by atoms with Gasteiger partial charge in [0.2, 0.25) is 0 Å². The molecule has 1 saturated carbocycles. The Morgan fingerprint density at radius 1 is 1.56 bits per heavy atom. The fraction of sp³-hybridized carbons (Fsp3) is 0.800. The molecule has 0 radical (unpaired) electrons. The van der Waals surface area contributed by atoms with Crippen LogP contribution in [-0.2, 0) is 19.3 Å². The van der Waals surface area contributed by atoms with Crippen molar-refractivity contribution in [1.29, 1.82) is 5.26 Å². The first-order valence-corrected chi connectivity index (χ1v) is 5.00. The molecule has 0 aromatic rings. The molecule has 6 nitrogen and oxygen atoms in total. The Bertz CT molecular complexity index is 302. The molecule has 1 rings (SSSR count). The standard InChI is InChI=1S/C10H16N2O4/c1-14-9(13)8-4-10(12,6-11)3-7(8)5-16-15-2/h7-8H,3-5,12H2,1-2H3. The molecule has 3 unspecified atom stereocenters. The lowest BCUT2D eigenvalue weighted by atomic mass is 9.97. The van der Waals surface area contributed by atoms with Gasteiger partial charge in [0.1, 0.15) is 5.54 Å². The molecule has 0 bridgehead atoms. The number of rotatable bonds is 4. The van der Waals surface area contributed by atoms with E-state index in [0.29, 0.717) is 12.8 Å². The molecule has 2 N–H and O–H groups in total. The molecule has 1 fully saturated rings. The van der Waals surface area contributed by atoms with Crippen LogP contribution in [0.5, 0.6) is 0 Å². The number of nitriles is 1. The lowest BCUT2D eigenvalue weighted by Gasteiger charge is -2.15. The predicted octanol–water partition coefficient (Wildman–Crippen LogP) is -0.0153. The van der Waals surface area contributed by atoms with Crippen molar-refractivity contribution >= 4 is 5.97 Å². The highest BCUT2D eigenvalue weighted by atomic mass is 17.2. The van der Waals surface area contributed by atoms with E-state index in [2.05, 4.69) is 9.62 Å². The second kappa shape index (κ2) is 5.25. The summed E-state index contributed by atoms with van der Waals surface area (Å²) in [4.78, 5) is 20.8. The second-order valence-electron chi connectivity index (χ2n) is 4.02. The van der Waals surface area contributed by atoms with E-state index in [4.69, 9.17) is 15.9 Å². The van der Waals surface area contributed by atoms with E-state index in [1.165, 1.54) is 14.2 Å². The first-order valence-electron chi connectivity index (χ1n) is 5.00. The van der Waals surface area contributed by atoms with Crippen molar-refractivity contribution < 1.29 is 19.3 Å². The summed E-state index contributed by atoms with van der Waals surface area (Å²) in [6, 6.07) is 2.03. The largest absolute Gasteiger partial charge is 0.469 e. The van der Waals surface area contributed by atoms with Gasteiger partial charge >= 0.3 is 5.97 Å². The van der Waals surface area contributed by atoms with Crippen LogP contribution < -0.4 is 5.73 Å². The first-order chi connectivity index (χ1) is 7.56. The molecule has 0 saturated heterocycles. The Kier molecular flexibility index (Phi) is 4.24. The highest BCUT2D eigenvalue weighted by Gasteiger charge is 2.47. The molecule has 3 atom stereocenters. The molecular weight excluding hydrogens is 212 g/mol. The predicted molar refractivity (Wildman–Crippen MR) is 53.7 cm³/mol. The molecule has 1 aliphatic carbocycles. The number of nitrogens with two attached hydrogens (primary N) is 1. The van der Waals surface area contributed by atoms with Crippen LogP contribution >= 0.6 is 0 Å². The molecule has 0 amide bonds. The first kappa shape index (κ1) is 12.9. The maximum atomic E-state index is 11.5. The van der Waals surface area contributed by atoms with Crippen LogP contribution in [0, 0.1) is 23.2 Å². The maximum absolute atomic E-state index is 11.5. The van der Waals surface area contributed by atoms with Crippen molar-refractivity contribution in [3.05, 3.63) is 0 Å². The number of carbonyl (C=O) groups excluding carboxylic acids is 1. The summed E-state index contributed by atoms with van der Waals surface area (Å²) in [5.41, 5.74) is 4.87. The maximum Gasteiger partial charge on any atom is 0.309 e. The highest BCUT2D eigenvalue weighted by Crippen LogP contribution is 2.38. The van der Waals surface area contributed by atoms with E-state index < -0.39 is 11.5 Å². The summed E-state index contributed by atoms with van der Waals surface area (Å²) >= 11 is 0. The summed E-state index contributed by atoms with van der Waals surface area (Å²) in [6.45, 7) is 0.233. The van der Waals surface area contributed by atoms with Crippen LogP contribution in [0.2, 0.25) is 0 Å². The van der Waals surface area contributed by atoms with Gasteiger partial charge in [0.15, 0.2) is 0 Å². The van der Waals surface area contributed by atoms with Gasteiger partial charge in [0, 0.05) is 5.92 Å². The zero-order valence-electron chi connectivity index (χ0n) is 9.43. The Hall–Kier alpha value is -1.16. The molecule has 0 aliphatic heterocycles. The minimum Gasteiger partial charge on any atom is -0.469 e. The number of carbonyl (C=O) groups is 1. The van der Waals surface area contributed by atoms with Crippen molar-refractivity contribution in [2.45, 2.75) is 18.4 Å². The van der Waals surface area contributed by atoms with Crippen LogP contribution in [-0.4, -0.2) is 32.3 Å². The van der Waals surface area contributed by atoms with Gasteiger partial charge in [-0.15, -0.1) is 0 Å². The number of hydrogen-bond donors (Lipinski definition) is 1. The zero-order valence-corrected chi connectivity index (χ0v) is 9.43. The van der Waals surface area contributed by atoms with E-state index in [1.54, 1.807) is 0 Å². The number of nitrogens with zero attached hydrogens (tertiary/aromatic N) is 1. The van der Waals surface area contributed by atoms with E-state index in [1.807, 2.05) is 6.07 Å². The molecule has 6 heteroatoms. The minimum absolute atomic E-state index is 0.142. The van der Waals surface area contributed by atoms with Crippen LogP contribution in [0.15, 0.2) is 0 Å². The fourth-order valence-corrected chi connectivity index (χ4v) is 2.10. The summed E-state index contributed by atoms with van der Waals surface area (Å²) in [7, 11) is 2.71. The normalized spacial score (nSPS) is 33.4. The lowest BCUT2D eigenvalue weighted by Crippen LogP contribution is -2.35. The average molecular weight is 228 g/mol. The quantitative estimate of drug-likeness (QED) is 0.413. The molecular formula is C10H16N2O4. The molecule has 0 spiro atoms. The third-order valence-electron chi connectivity index (χ3n) is 2.91. The SMILES string of the molecule is COOCC1CC(N)(C#N)CC1C(=O)OC. The van der Waals surface area contributed by atoms with Gasteiger partial charge in [0.25, 0.3) is 0 Å². The van der Waals surface area contributed by atoms with E-state index in [-0.39, 0.29) is 18.5 Å². The summed E-state index contributed by atoms with van der Waals surface area (Å²) < 4.78 is 4.68. The van der Waals surface area contributed by atoms with E-state index in [9.17, 15) is 4.79 Å². The van der Waals surface area contributed by atoms with Gasteiger partial charge in [-0.2, -0.15) is 5.26 Å². The van der Waals surface area contributed by atoms with Crippen molar-refractivity contribution in [3.8, 4) is 6.07 Å². The van der Waals surface area contributed by atoms with Crippen molar-refractivity contribution in [2.24, 2.45) is 17.6 Å².